The van der Waals surface area contributed by atoms with Crippen LogP contribution in [0.25, 0.3) is 0 Å². The molecule has 1 heterocycles. The second kappa shape index (κ2) is 6.08. The van der Waals surface area contributed by atoms with Crippen LogP contribution < -0.4 is 4.74 Å². The fourth-order valence-corrected chi connectivity index (χ4v) is 1.89. The Hall–Kier alpha value is -2.24. The summed E-state index contributed by atoms with van der Waals surface area (Å²) in [6.07, 6.45) is 0.792. The molecule has 0 bridgehead atoms. The maximum atomic E-state index is 11.9. The van der Waals surface area contributed by atoms with E-state index < -0.39 is 0 Å². The van der Waals surface area contributed by atoms with Gasteiger partial charge >= 0.3 is 0 Å². The molecule has 6 heteroatoms. The Morgan fingerprint density at radius 3 is 2.58 bits per heavy atom. The minimum absolute atomic E-state index is 0.0149. The molecule has 1 aromatic carbocycles. The van der Waals surface area contributed by atoms with Crippen LogP contribution in [0, 0.1) is 0 Å². The predicted octanol–water partition coefficient (Wildman–Crippen LogP) is 0.0716. The number of piperazine rings is 1. The van der Waals surface area contributed by atoms with E-state index in [2.05, 4.69) is 0 Å². The number of nitrogens with zero attached hydrogens (tertiary/aromatic N) is 2. The van der Waals surface area contributed by atoms with Crippen LogP contribution in [0.4, 0.5) is 0 Å². The number of ether oxygens (including phenoxy) is 1. The van der Waals surface area contributed by atoms with E-state index in [4.69, 9.17) is 4.74 Å². The quantitative estimate of drug-likeness (QED) is 0.781. The standard InChI is InChI=1S/C13H16N2O4/c16-10-14-5-7-15(8-6-14)13(18)9-19-12-4-2-1-3-11(12)17/h1-4,10,17H,5-9H2. The number of rotatable bonds is 4. The van der Waals surface area contributed by atoms with Gasteiger partial charge in [-0.1, -0.05) is 12.1 Å². The second-order valence-electron chi connectivity index (χ2n) is 4.28. The average molecular weight is 264 g/mol. The van der Waals surface area contributed by atoms with Crippen LogP contribution in [-0.4, -0.2) is 60.0 Å². The van der Waals surface area contributed by atoms with Crippen molar-refractivity contribution in [2.24, 2.45) is 0 Å². The largest absolute Gasteiger partial charge is 0.504 e. The Labute approximate surface area is 111 Å². The highest BCUT2D eigenvalue weighted by Crippen LogP contribution is 2.24. The molecule has 1 fully saturated rings. The molecule has 1 aliphatic rings. The molecular weight excluding hydrogens is 248 g/mol. The second-order valence-corrected chi connectivity index (χ2v) is 4.28. The smallest absolute Gasteiger partial charge is 0.260 e. The van der Waals surface area contributed by atoms with Crippen molar-refractivity contribution in [3.05, 3.63) is 24.3 Å². The highest BCUT2D eigenvalue weighted by atomic mass is 16.5. The Morgan fingerprint density at radius 1 is 1.26 bits per heavy atom. The van der Waals surface area contributed by atoms with E-state index in [-0.39, 0.29) is 18.3 Å². The van der Waals surface area contributed by atoms with Crippen molar-refractivity contribution in [1.29, 1.82) is 0 Å². The third kappa shape index (κ3) is 3.37. The van der Waals surface area contributed by atoms with E-state index in [0.717, 1.165) is 6.41 Å². The molecule has 19 heavy (non-hydrogen) atoms. The lowest BCUT2D eigenvalue weighted by Gasteiger charge is -2.32. The molecule has 0 saturated carbocycles. The lowest BCUT2D eigenvalue weighted by molar-refractivity contribution is -0.137. The van der Waals surface area contributed by atoms with E-state index >= 15 is 0 Å². The summed E-state index contributed by atoms with van der Waals surface area (Å²) in [5, 5.41) is 9.50. The van der Waals surface area contributed by atoms with Crippen LogP contribution in [0.1, 0.15) is 0 Å². The van der Waals surface area contributed by atoms with Crippen molar-refractivity contribution in [3.8, 4) is 11.5 Å². The van der Waals surface area contributed by atoms with Gasteiger partial charge in [-0.25, -0.2) is 0 Å². The maximum Gasteiger partial charge on any atom is 0.260 e. The van der Waals surface area contributed by atoms with Crippen molar-refractivity contribution in [2.45, 2.75) is 0 Å². The van der Waals surface area contributed by atoms with Crippen LogP contribution >= 0.6 is 0 Å². The number of phenols is 1. The van der Waals surface area contributed by atoms with Crippen LogP contribution in [0.3, 0.4) is 0 Å². The first-order valence-corrected chi connectivity index (χ1v) is 6.08. The highest BCUT2D eigenvalue weighted by molar-refractivity contribution is 5.78. The molecule has 102 valence electrons. The number of hydrogen-bond donors (Lipinski definition) is 1. The number of carbonyl (C=O) groups excluding carboxylic acids is 2. The number of carbonyl (C=O) groups is 2. The summed E-state index contributed by atoms with van der Waals surface area (Å²) in [4.78, 5) is 25.7. The van der Waals surface area contributed by atoms with Gasteiger partial charge in [0.15, 0.2) is 18.1 Å². The summed E-state index contributed by atoms with van der Waals surface area (Å²) < 4.78 is 5.28. The Bertz CT molecular complexity index is 456. The Kier molecular flexibility index (Phi) is 4.22. The van der Waals surface area contributed by atoms with E-state index in [9.17, 15) is 14.7 Å². The van der Waals surface area contributed by atoms with E-state index in [1.54, 1.807) is 28.0 Å². The molecule has 0 atom stereocenters. The zero-order chi connectivity index (χ0) is 13.7. The summed E-state index contributed by atoms with van der Waals surface area (Å²) in [5.74, 6) is 0.164. The van der Waals surface area contributed by atoms with Crippen molar-refractivity contribution in [1.82, 2.24) is 9.80 Å². The van der Waals surface area contributed by atoms with Crippen molar-refractivity contribution in [2.75, 3.05) is 32.8 Å². The van der Waals surface area contributed by atoms with E-state index in [1.165, 1.54) is 6.07 Å². The van der Waals surface area contributed by atoms with Gasteiger partial charge in [0.05, 0.1) is 0 Å². The van der Waals surface area contributed by atoms with Crippen molar-refractivity contribution >= 4 is 12.3 Å². The van der Waals surface area contributed by atoms with Gasteiger partial charge in [0.2, 0.25) is 6.41 Å². The molecule has 2 rings (SSSR count). The first-order chi connectivity index (χ1) is 9.20. The van der Waals surface area contributed by atoms with Crippen LogP contribution in [0.5, 0.6) is 11.5 Å². The van der Waals surface area contributed by atoms with Crippen LogP contribution in [0.15, 0.2) is 24.3 Å². The number of phenolic OH excluding ortho intramolecular Hbond substituents is 1. The lowest BCUT2D eigenvalue weighted by Crippen LogP contribution is -2.49. The van der Waals surface area contributed by atoms with Crippen molar-refractivity contribution in [3.63, 3.8) is 0 Å². The van der Waals surface area contributed by atoms with Gasteiger partial charge in [0.25, 0.3) is 5.91 Å². The van der Waals surface area contributed by atoms with E-state index in [0.29, 0.717) is 31.9 Å². The zero-order valence-electron chi connectivity index (χ0n) is 10.5. The first-order valence-electron chi connectivity index (χ1n) is 6.08. The topological polar surface area (TPSA) is 70.1 Å². The molecule has 2 amide bonds. The molecule has 1 N–H and O–H groups in total. The molecule has 1 aliphatic heterocycles. The zero-order valence-corrected chi connectivity index (χ0v) is 10.5. The molecular formula is C13H16N2O4. The van der Waals surface area contributed by atoms with Crippen LogP contribution in [0.2, 0.25) is 0 Å². The van der Waals surface area contributed by atoms with Gasteiger partial charge in [-0.3, -0.25) is 9.59 Å². The minimum Gasteiger partial charge on any atom is -0.504 e. The molecule has 0 unspecified atom stereocenters. The molecule has 0 aliphatic carbocycles. The fraction of sp³-hybridized carbons (Fsp3) is 0.385. The Balaban J connectivity index is 1.82. The third-order valence-corrected chi connectivity index (χ3v) is 3.03. The monoisotopic (exact) mass is 264 g/mol. The van der Waals surface area contributed by atoms with Gasteiger partial charge in [0.1, 0.15) is 0 Å². The minimum atomic E-state index is -0.145. The van der Waals surface area contributed by atoms with Gasteiger partial charge in [-0.15, -0.1) is 0 Å². The molecule has 0 radical (unpaired) electrons. The SMILES string of the molecule is O=CN1CCN(C(=O)COc2ccccc2O)CC1. The molecule has 6 nitrogen and oxygen atoms in total. The summed E-state index contributed by atoms with van der Waals surface area (Å²) in [6.45, 7) is 2.01. The van der Waals surface area contributed by atoms with Gasteiger partial charge < -0.3 is 19.6 Å². The highest BCUT2D eigenvalue weighted by Gasteiger charge is 2.20. The van der Waals surface area contributed by atoms with Crippen LogP contribution in [-0.2, 0) is 9.59 Å². The fourth-order valence-electron chi connectivity index (χ4n) is 1.89. The third-order valence-electron chi connectivity index (χ3n) is 3.03. The summed E-state index contributed by atoms with van der Waals surface area (Å²) in [5.41, 5.74) is 0. The summed E-state index contributed by atoms with van der Waals surface area (Å²) in [7, 11) is 0. The summed E-state index contributed by atoms with van der Waals surface area (Å²) in [6, 6.07) is 6.51. The number of benzene rings is 1. The molecule has 1 saturated heterocycles. The summed E-state index contributed by atoms with van der Waals surface area (Å²) >= 11 is 0. The predicted molar refractivity (Wildman–Crippen MR) is 67.8 cm³/mol. The average Bonchev–Trinajstić information content (AvgIpc) is 2.46. The normalized spacial score (nSPS) is 15.2. The van der Waals surface area contributed by atoms with E-state index in [1.807, 2.05) is 0 Å². The molecule has 1 aromatic rings. The van der Waals surface area contributed by atoms with Gasteiger partial charge in [-0.2, -0.15) is 0 Å². The Morgan fingerprint density at radius 2 is 1.95 bits per heavy atom. The van der Waals surface area contributed by atoms with Crippen molar-refractivity contribution < 1.29 is 19.4 Å². The first kappa shape index (κ1) is 13.2. The number of aromatic hydroxyl groups is 1. The van der Waals surface area contributed by atoms with Gasteiger partial charge in [-0.05, 0) is 12.1 Å². The number of para-hydroxylation sites is 2. The molecule has 0 aromatic heterocycles. The number of hydrogen-bond acceptors (Lipinski definition) is 4. The molecule has 0 spiro atoms. The number of amides is 2. The van der Waals surface area contributed by atoms with Gasteiger partial charge in [0, 0.05) is 26.2 Å². The maximum absolute atomic E-state index is 11.9. The lowest BCUT2D eigenvalue weighted by atomic mass is 10.3.